The summed E-state index contributed by atoms with van der Waals surface area (Å²) >= 11 is 0. The van der Waals surface area contributed by atoms with Gasteiger partial charge in [-0.2, -0.15) is 0 Å². The van der Waals surface area contributed by atoms with E-state index in [1.165, 1.54) is 40.8 Å². The average Bonchev–Trinajstić information content (AvgIpc) is 2.51. The summed E-state index contributed by atoms with van der Waals surface area (Å²) in [6, 6.07) is 15.7. The maximum absolute atomic E-state index is 6.17. The third-order valence-corrected chi connectivity index (χ3v) is 4.54. The van der Waals surface area contributed by atoms with Crippen LogP contribution >= 0.6 is 0 Å². The van der Waals surface area contributed by atoms with Gasteiger partial charge in [0.15, 0.2) is 0 Å². The van der Waals surface area contributed by atoms with Crippen molar-refractivity contribution in [3.8, 4) is 0 Å². The molecule has 0 fully saturated rings. The van der Waals surface area contributed by atoms with Crippen molar-refractivity contribution in [2.45, 2.75) is 32.7 Å². The molecule has 110 valence electrons. The fourth-order valence-electron chi connectivity index (χ4n) is 3.43. The van der Waals surface area contributed by atoms with Crippen LogP contribution in [0.4, 0.5) is 5.69 Å². The summed E-state index contributed by atoms with van der Waals surface area (Å²) in [7, 11) is 0. The Balaban J connectivity index is 2.03. The predicted molar refractivity (Wildman–Crippen MR) is 89.8 cm³/mol. The number of hydrogen-bond acceptors (Lipinski definition) is 2. The van der Waals surface area contributed by atoms with E-state index in [4.69, 9.17) is 5.73 Å². The summed E-state index contributed by atoms with van der Waals surface area (Å²) < 4.78 is 0. The van der Waals surface area contributed by atoms with Crippen molar-refractivity contribution in [2.24, 2.45) is 5.73 Å². The van der Waals surface area contributed by atoms with Crippen LogP contribution in [0, 0.1) is 13.8 Å². The van der Waals surface area contributed by atoms with Gasteiger partial charge in [0.2, 0.25) is 0 Å². The van der Waals surface area contributed by atoms with Crippen LogP contribution in [0.5, 0.6) is 0 Å². The molecule has 1 heterocycles. The van der Waals surface area contributed by atoms with Gasteiger partial charge in [-0.15, -0.1) is 0 Å². The van der Waals surface area contributed by atoms with E-state index in [-0.39, 0.29) is 6.04 Å². The van der Waals surface area contributed by atoms with Crippen LogP contribution < -0.4 is 10.6 Å². The molecule has 0 saturated heterocycles. The highest BCUT2D eigenvalue weighted by Gasteiger charge is 2.25. The minimum absolute atomic E-state index is 0.270. The summed E-state index contributed by atoms with van der Waals surface area (Å²) in [6.45, 7) is 6.08. The molecule has 2 heteroatoms. The van der Waals surface area contributed by atoms with Gasteiger partial charge in [-0.05, 0) is 49.4 Å². The quantitative estimate of drug-likeness (QED) is 0.927. The van der Waals surface area contributed by atoms with E-state index in [1.807, 2.05) is 0 Å². The van der Waals surface area contributed by atoms with E-state index < -0.39 is 0 Å². The Hall–Kier alpha value is -1.80. The maximum atomic E-state index is 6.17. The molecule has 0 aliphatic carbocycles. The van der Waals surface area contributed by atoms with Crippen LogP contribution in [0.3, 0.4) is 0 Å². The summed E-state index contributed by atoms with van der Waals surface area (Å²) in [5.41, 5.74) is 13.0. The van der Waals surface area contributed by atoms with Gasteiger partial charge in [0, 0.05) is 18.8 Å². The van der Waals surface area contributed by atoms with E-state index in [2.05, 4.69) is 61.2 Å². The fourth-order valence-corrected chi connectivity index (χ4v) is 3.43. The van der Waals surface area contributed by atoms with Gasteiger partial charge in [-0.25, -0.2) is 0 Å². The number of para-hydroxylation sites is 1. The lowest BCUT2D eigenvalue weighted by atomic mass is 9.94. The van der Waals surface area contributed by atoms with Gasteiger partial charge in [0.1, 0.15) is 0 Å². The first kappa shape index (κ1) is 14.2. The summed E-state index contributed by atoms with van der Waals surface area (Å²) in [5, 5.41) is 0. The molecule has 1 atom stereocenters. The fraction of sp³-hybridized carbons (Fsp3) is 0.368. The second kappa shape index (κ2) is 5.90. The monoisotopic (exact) mass is 280 g/mol. The molecule has 2 N–H and O–H groups in total. The SMILES string of the molecule is Cc1ccc(C)c(C(CN)N2CCCc3ccccc32)c1. The van der Waals surface area contributed by atoms with Gasteiger partial charge in [0.05, 0.1) is 6.04 Å². The van der Waals surface area contributed by atoms with Gasteiger partial charge in [0.25, 0.3) is 0 Å². The first-order valence-electron chi connectivity index (χ1n) is 7.82. The molecule has 1 aliphatic rings. The number of aryl methyl sites for hydroxylation is 3. The van der Waals surface area contributed by atoms with Crippen molar-refractivity contribution in [3.63, 3.8) is 0 Å². The van der Waals surface area contributed by atoms with Crippen molar-refractivity contribution in [1.29, 1.82) is 0 Å². The lowest BCUT2D eigenvalue weighted by Gasteiger charge is -2.38. The molecule has 0 spiro atoms. The molecule has 3 rings (SSSR count). The Bertz CT molecular complexity index is 633. The molecular formula is C19H24N2. The first-order chi connectivity index (χ1) is 10.2. The second-order valence-electron chi connectivity index (χ2n) is 6.04. The van der Waals surface area contributed by atoms with E-state index >= 15 is 0 Å². The molecule has 2 aromatic carbocycles. The Labute approximate surface area is 127 Å². The second-order valence-corrected chi connectivity index (χ2v) is 6.04. The molecule has 2 aromatic rings. The summed E-state index contributed by atoms with van der Waals surface area (Å²) in [4.78, 5) is 2.50. The van der Waals surface area contributed by atoms with E-state index in [1.54, 1.807) is 0 Å². The maximum Gasteiger partial charge on any atom is 0.0667 e. The highest BCUT2D eigenvalue weighted by Crippen LogP contribution is 2.34. The Kier molecular flexibility index (Phi) is 3.98. The third-order valence-electron chi connectivity index (χ3n) is 4.54. The van der Waals surface area contributed by atoms with Crippen molar-refractivity contribution in [1.82, 2.24) is 0 Å². The lowest BCUT2D eigenvalue weighted by Crippen LogP contribution is -2.37. The van der Waals surface area contributed by atoms with Crippen LogP contribution in [0.15, 0.2) is 42.5 Å². The molecule has 0 saturated carbocycles. The minimum atomic E-state index is 0.270. The zero-order chi connectivity index (χ0) is 14.8. The Morgan fingerprint density at radius 2 is 1.95 bits per heavy atom. The molecule has 2 nitrogen and oxygen atoms in total. The highest BCUT2D eigenvalue weighted by atomic mass is 15.2. The Morgan fingerprint density at radius 1 is 1.14 bits per heavy atom. The van der Waals surface area contributed by atoms with Crippen molar-refractivity contribution < 1.29 is 0 Å². The zero-order valence-corrected chi connectivity index (χ0v) is 13.0. The number of nitrogens with two attached hydrogens (primary N) is 1. The van der Waals surface area contributed by atoms with E-state index in [9.17, 15) is 0 Å². The number of anilines is 1. The van der Waals surface area contributed by atoms with E-state index in [0.29, 0.717) is 6.54 Å². The van der Waals surface area contributed by atoms with Crippen LogP contribution in [-0.4, -0.2) is 13.1 Å². The summed E-state index contributed by atoms with van der Waals surface area (Å²) in [5.74, 6) is 0. The number of hydrogen-bond donors (Lipinski definition) is 1. The topological polar surface area (TPSA) is 29.3 Å². The molecule has 0 aromatic heterocycles. The molecule has 21 heavy (non-hydrogen) atoms. The normalized spacial score (nSPS) is 15.7. The number of rotatable bonds is 3. The van der Waals surface area contributed by atoms with Crippen LogP contribution in [-0.2, 0) is 6.42 Å². The lowest BCUT2D eigenvalue weighted by molar-refractivity contribution is 0.585. The van der Waals surface area contributed by atoms with Crippen LogP contribution in [0.2, 0.25) is 0 Å². The van der Waals surface area contributed by atoms with Crippen molar-refractivity contribution in [3.05, 3.63) is 64.7 Å². The van der Waals surface area contributed by atoms with Gasteiger partial charge >= 0.3 is 0 Å². The van der Waals surface area contributed by atoms with Gasteiger partial charge in [-0.3, -0.25) is 0 Å². The molecule has 1 aliphatic heterocycles. The largest absolute Gasteiger partial charge is 0.363 e. The number of nitrogens with zero attached hydrogens (tertiary/aromatic N) is 1. The zero-order valence-electron chi connectivity index (χ0n) is 13.0. The molecule has 1 unspecified atom stereocenters. The van der Waals surface area contributed by atoms with Crippen LogP contribution in [0.1, 0.15) is 34.7 Å². The predicted octanol–water partition coefficient (Wildman–Crippen LogP) is 3.76. The van der Waals surface area contributed by atoms with Crippen LogP contribution in [0.25, 0.3) is 0 Å². The van der Waals surface area contributed by atoms with Crippen molar-refractivity contribution >= 4 is 5.69 Å². The average molecular weight is 280 g/mol. The third kappa shape index (κ3) is 2.68. The Morgan fingerprint density at radius 3 is 2.76 bits per heavy atom. The van der Waals surface area contributed by atoms with Gasteiger partial charge < -0.3 is 10.6 Å². The highest BCUT2D eigenvalue weighted by molar-refractivity contribution is 5.57. The molecule has 0 amide bonds. The summed E-state index contributed by atoms with van der Waals surface area (Å²) in [6.07, 6.45) is 2.38. The standard InChI is InChI=1S/C19H24N2/c1-14-9-10-15(2)17(12-14)19(13-20)21-11-5-7-16-6-3-4-8-18(16)21/h3-4,6,8-10,12,19H,5,7,11,13,20H2,1-2H3. The molecule has 0 radical (unpaired) electrons. The first-order valence-corrected chi connectivity index (χ1v) is 7.82. The van der Waals surface area contributed by atoms with Gasteiger partial charge in [-0.1, -0.05) is 42.0 Å². The molecule has 0 bridgehead atoms. The van der Waals surface area contributed by atoms with Crippen molar-refractivity contribution in [2.75, 3.05) is 18.0 Å². The van der Waals surface area contributed by atoms with E-state index in [0.717, 1.165) is 6.54 Å². The smallest absolute Gasteiger partial charge is 0.0667 e. The number of fused-ring (bicyclic) bond motifs is 1. The minimum Gasteiger partial charge on any atom is -0.363 e. The number of benzene rings is 2. The molecular weight excluding hydrogens is 256 g/mol.